The summed E-state index contributed by atoms with van der Waals surface area (Å²) in [6.07, 6.45) is 3.62. The molecule has 4 N–H and O–H groups in total. The van der Waals surface area contributed by atoms with Crippen LogP contribution in [0.4, 0.5) is 5.82 Å². The van der Waals surface area contributed by atoms with Crippen molar-refractivity contribution in [2.75, 3.05) is 5.32 Å². The molecule has 0 bridgehead atoms. The Labute approximate surface area is 168 Å². The van der Waals surface area contributed by atoms with Gasteiger partial charge in [-0.15, -0.1) is 0 Å². The number of aromatic nitrogens is 2. The van der Waals surface area contributed by atoms with Crippen molar-refractivity contribution in [3.05, 3.63) is 53.2 Å². The highest BCUT2D eigenvalue weighted by atomic mass is 35.5. The van der Waals surface area contributed by atoms with Gasteiger partial charge in [-0.25, -0.2) is 9.98 Å². The van der Waals surface area contributed by atoms with Gasteiger partial charge in [0.1, 0.15) is 11.5 Å². The van der Waals surface area contributed by atoms with Gasteiger partial charge < -0.3 is 25.0 Å². The number of nitrogens with one attached hydrogen (secondary N) is 1. The van der Waals surface area contributed by atoms with Crippen LogP contribution in [0.1, 0.15) is 42.6 Å². The lowest BCUT2D eigenvalue weighted by Crippen LogP contribution is -2.28. The zero-order valence-corrected chi connectivity index (χ0v) is 17.3. The fraction of sp³-hybridized carbons (Fsp3) is 0.333. The highest BCUT2D eigenvalue weighted by molar-refractivity contribution is 7.56. The number of fused-ring (bicyclic) bond motifs is 1. The molecular formula is C18H23ClN5O3P. The summed E-state index contributed by atoms with van der Waals surface area (Å²) in [5.74, 6) is 2.13. The van der Waals surface area contributed by atoms with E-state index in [1.54, 1.807) is 19.3 Å². The van der Waals surface area contributed by atoms with Gasteiger partial charge >= 0.3 is 7.60 Å². The van der Waals surface area contributed by atoms with Crippen LogP contribution in [-0.4, -0.2) is 26.5 Å². The molecule has 0 fully saturated rings. The standard InChI is InChI=1S/C18H23ClN5O3P/c1-3-12(2)27-28(25,26)9-8-13-6-4-5-7-14(13)10-24-11-21-15-16(19)22-18(20)23-17(15)24/h4-9,11-12,16H,3,10H2,1-2H3,(H,25,26)(H3,20,22,23). The van der Waals surface area contributed by atoms with Gasteiger partial charge in [-0.1, -0.05) is 42.8 Å². The van der Waals surface area contributed by atoms with Gasteiger partial charge in [-0.05, 0) is 30.5 Å². The van der Waals surface area contributed by atoms with E-state index in [-0.39, 0.29) is 12.1 Å². The number of alkyl halides is 1. The first kappa shape index (κ1) is 20.6. The number of nitrogens with zero attached hydrogens (tertiary/aromatic N) is 3. The van der Waals surface area contributed by atoms with Gasteiger partial charge in [0.25, 0.3) is 0 Å². The molecule has 28 heavy (non-hydrogen) atoms. The maximum absolute atomic E-state index is 12.2. The van der Waals surface area contributed by atoms with Crippen molar-refractivity contribution in [1.82, 2.24) is 9.55 Å². The molecule has 1 aliphatic rings. The van der Waals surface area contributed by atoms with Crippen molar-refractivity contribution >= 4 is 37.1 Å². The topological polar surface area (TPSA) is 115 Å². The predicted molar refractivity (Wildman–Crippen MR) is 111 cm³/mol. The first-order chi connectivity index (χ1) is 13.3. The van der Waals surface area contributed by atoms with Crippen molar-refractivity contribution < 1.29 is 14.0 Å². The van der Waals surface area contributed by atoms with Crippen LogP contribution in [0.25, 0.3) is 6.08 Å². The molecule has 0 amide bonds. The number of anilines is 1. The molecule has 0 radical (unpaired) electrons. The number of hydrogen-bond acceptors (Lipinski definition) is 6. The molecule has 8 nitrogen and oxygen atoms in total. The van der Waals surface area contributed by atoms with E-state index < -0.39 is 13.1 Å². The molecular weight excluding hydrogens is 401 g/mol. The molecule has 1 aliphatic heterocycles. The minimum atomic E-state index is -3.82. The normalized spacial score (nSPS) is 19.6. The van der Waals surface area contributed by atoms with Gasteiger partial charge in [-0.2, -0.15) is 0 Å². The van der Waals surface area contributed by atoms with Gasteiger partial charge in [0.2, 0.25) is 0 Å². The smallest absolute Gasteiger partial charge is 0.351 e. The van der Waals surface area contributed by atoms with Gasteiger partial charge in [0.05, 0.1) is 19.0 Å². The monoisotopic (exact) mass is 423 g/mol. The summed E-state index contributed by atoms with van der Waals surface area (Å²) in [6, 6.07) is 7.56. The highest BCUT2D eigenvalue weighted by Crippen LogP contribution is 2.46. The molecule has 2 heterocycles. The molecule has 2 aromatic rings. The minimum Gasteiger partial charge on any atom is -0.370 e. The number of rotatable bonds is 7. The summed E-state index contributed by atoms with van der Waals surface area (Å²) in [5, 5.41) is 2.98. The van der Waals surface area contributed by atoms with Gasteiger partial charge in [0.15, 0.2) is 11.5 Å². The fourth-order valence-electron chi connectivity index (χ4n) is 2.73. The molecule has 0 saturated heterocycles. The molecule has 3 rings (SSSR count). The maximum atomic E-state index is 12.2. The zero-order valence-electron chi connectivity index (χ0n) is 15.6. The summed E-state index contributed by atoms with van der Waals surface area (Å²) in [4.78, 5) is 18.4. The molecule has 0 aliphatic carbocycles. The van der Waals surface area contributed by atoms with Crippen LogP contribution in [0, 0.1) is 0 Å². The highest BCUT2D eigenvalue weighted by Gasteiger charge is 2.24. The summed E-state index contributed by atoms with van der Waals surface area (Å²) >= 11 is 6.18. The second-order valence-electron chi connectivity index (χ2n) is 6.48. The third kappa shape index (κ3) is 4.83. The summed E-state index contributed by atoms with van der Waals surface area (Å²) in [6.45, 7) is 4.13. The van der Waals surface area contributed by atoms with Crippen molar-refractivity contribution in [3.8, 4) is 0 Å². The van der Waals surface area contributed by atoms with Crippen molar-refractivity contribution in [3.63, 3.8) is 0 Å². The molecule has 3 unspecified atom stereocenters. The van der Waals surface area contributed by atoms with Crippen LogP contribution < -0.4 is 11.1 Å². The maximum Gasteiger partial charge on any atom is 0.351 e. The molecule has 1 aromatic carbocycles. The molecule has 150 valence electrons. The first-order valence-electron chi connectivity index (χ1n) is 8.86. The molecule has 1 aromatic heterocycles. The van der Waals surface area contributed by atoms with Crippen LogP contribution in [0.5, 0.6) is 0 Å². The second kappa shape index (κ2) is 8.49. The SMILES string of the molecule is CCC(C)OP(=O)(O)C=Cc1ccccc1Cn1cnc2c1NC(N)=NC2Cl. The van der Waals surface area contributed by atoms with E-state index >= 15 is 0 Å². The first-order valence-corrected chi connectivity index (χ1v) is 10.9. The van der Waals surface area contributed by atoms with Crippen molar-refractivity contribution in [2.24, 2.45) is 10.7 Å². The van der Waals surface area contributed by atoms with E-state index in [2.05, 4.69) is 15.3 Å². The third-order valence-corrected chi connectivity index (χ3v) is 5.83. The Morgan fingerprint density at radius 3 is 3.00 bits per heavy atom. The van der Waals surface area contributed by atoms with Crippen LogP contribution in [-0.2, 0) is 15.6 Å². The second-order valence-corrected chi connectivity index (χ2v) is 8.54. The van der Waals surface area contributed by atoms with Crippen molar-refractivity contribution in [1.29, 1.82) is 0 Å². The fourth-order valence-corrected chi connectivity index (χ4v) is 4.08. The largest absolute Gasteiger partial charge is 0.370 e. The Hall–Kier alpha value is -2.12. The number of imidazole rings is 1. The van der Waals surface area contributed by atoms with Crippen LogP contribution in [0.2, 0.25) is 0 Å². The minimum absolute atomic E-state index is 0.228. The van der Waals surface area contributed by atoms with Crippen molar-refractivity contribution in [2.45, 2.75) is 38.4 Å². The Bertz CT molecular complexity index is 958. The Morgan fingerprint density at radius 2 is 2.25 bits per heavy atom. The van der Waals surface area contributed by atoms with E-state index in [0.717, 1.165) is 11.1 Å². The van der Waals surface area contributed by atoms with E-state index in [1.807, 2.05) is 35.8 Å². The molecule has 10 heteroatoms. The summed E-state index contributed by atoms with van der Waals surface area (Å²) < 4.78 is 19.3. The molecule has 0 saturated carbocycles. The predicted octanol–water partition coefficient (Wildman–Crippen LogP) is 3.88. The number of nitrogens with two attached hydrogens (primary N) is 1. The lowest BCUT2D eigenvalue weighted by Gasteiger charge is -2.18. The Morgan fingerprint density at radius 1 is 1.50 bits per heavy atom. The van der Waals surface area contributed by atoms with E-state index in [1.165, 1.54) is 5.82 Å². The van der Waals surface area contributed by atoms with E-state index in [0.29, 0.717) is 24.5 Å². The van der Waals surface area contributed by atoms with Crippen LogP contribution in [0.3, 0.4) is 0 Å². The van der Waals surface area contributed by atoms with E-state index in [4.69, 9.17) is 21.9 Å². The van der Waals surface area contributed by atoms with E-state index in [9.17, 15) is 9.46 Å². The van der Waals surface area contributed by atoms with Gasteiger partial charge in [-0.3, -0.25) is 4.57 Å². The van der Waals surface area contributed by atoms with Gasteiger partial charge in [0, 0.05) is 5.82 Å². The zero-order chi connectivity index (χ0) is 20.3. The lowest BCUT2D eigenvalue weighted by atomic mass is 10.1. The number of halogens is 1. The molecule has 3 atom stereocenters. The lowest BCUT2D eigenvalue weighted by molar-refractivity contribution is 0.192. The summed E-state index contributed by atoms with van der Waals surface area (Å²) in [7, 11) is -3.82. The average molecular weight is 424 g/mol. The number of hydrogen-bond donors (Lipinski definition) is 3. The number of benzene rings is 1. The van der Waals surface area contributed by atoms with Crippen LogP contribution in [0.15, 0.2) is 41.4 Å². The third-order valence-electron chi connectivity index (χ3n) is 4.33. The Balaban J connectivity index is 1.83. The summed E-state index contributed by atoms with van der Waals surface area (Å²) in [5.41, 5.74) is 7.46. The average Bonchev–Trinajstić information content (AvgIpc) is 3.03. The quantitative estimate of drug-likeness (QED) is 0.353. The molecule has 0 spiro atoms. The number of aliphatic imine (C=N–C) groups is 1. The Kier molecular flexibility index (Phi) is 6.25. The number of guanidine groups is 1. The van der Waals surface area contributed by atoms with Crippen LogP contribution >= 0.6 is 19.2 Å².